The van der Waals surface area contributed by atoms with E-state index in [4.69, 9.17) is 11.6 Å². The van der Waals surface area contributed by atoms with Crippen molar-refractivity contribution >= 4 is 32.6 Å². The lowest BCUT2D eigenvalue weighted by molar-refractivity contribution is 0.545. The van der Waals surface area contributed by atoms with Crippen molar-refractivity contribution < 1.29 is 8.42 Å². The second-order valence-corrected chi connectivity index (χ2v) is 7.80. The average molecular weight is 314 g/mol. The number of hydrogen-bond acceptors (Lipinski definition) is 4. The van der Waals surface area contributed by atoms with Crippen LogP contribution in [-0.4, -0.2) is 40.3 Å². The molecule has 108 valence electrons. The van der Waals surface area contributed by atoms with E-state index in [1.54, 1.807) is 6.20 Å². The summed E-state index contributed by atoms with van der Waals surface area (Å²) in [6.45, 7) is 1.98. The number of nitrogens with zero attached hydrogens (tertiary/aromatic N) is 3. The molecule has 5 nitrogen and oxygen atoms in total. The Morgan fingerprint density at radius 3 is 2.95 bits per heavy atom. The van der Waals surface area contributed by atoms with Gasteiger partial charge in [-0.25, -0.2) is 18.4 Å². The summed E-state index contributed by atoms with van der Waals surface area (Å²) >= 11 is 5.85. The molecule has 1 saturated heterocycles. The number of halogens is 1. The predicted molar refractivity (Wildman–Crippen MR) is 79.0 cm³/mol. The van der Waals surface area contributed by atoms with Gasteiger partial charge < -0.3 is 4.57 Å². The van der Waals surface area contributed by atoms with Crippen LogP contribution in [0.15, 0.2) is 12.3 Å². The standard InChI is InChI=1S/C13H16ClN3O2S/c1-9-3-6-15-13-12(9)16-11(2-5-14)17(13)10-4-7-20(18,19)8-10/h3,6,10H,2,4-5,7-8H2,1H3. The molecule has 3 rings (SSSR count). The molecule has 0 aliphatic carbocycles. The van der Waals surface area contributed by atoms with Gasteiger partial charge in [-0.2, -0.15) is 0 Å². The van der Waals surface area contributed by atoms with E-state index in [0.29, 0.717) is 18.7 Å². The summed E-state index contributed by atoms with van der Waals surface area (Å²) in [5.74, 6) is 1.70. The van der Waals surface area contributed by atoms with Gasteiger partial charge >= 0.3 is 0 Å². The van der Waals surface area contributed by atoms with Crippen molar-refractivity contribution in [2.45, 2.75) is 25.8 Å². The van der Waals surface area contributed by atoms with Crippen LogP contribution in [0, 0.1) is 6.92 Å². The van der Waals surface area contributed by atoms with Crippen LogP contribution in [0.4, 0.5) is 0 Å². The topological polar surface area (TPSA) is 64.8 Å². The minimum absolute atomic E-state index is 0.0717. The lowest BCUT2D eigenvalue weighted by atomic mass is 10.2. The molecule has 0 spiro atoms. The average Bonchev–Trinajstić information content (AvgIpc) is 2.91. The molecular formula is C13H16ClN3O2S. The van der Waals surface area contributed by atoms with Gasteiger partial charge in [0.1, 0.15) is 11.3 Å². The first kappa shape index (κ1) is 13.8. The number of imidazole rings is 1. The highest BCUT2D eigenvalue weighted by atomic mass is 35.5. The molecule has 1 aliphatic heterocycles. The van der Waals surface area contributed by atoms with Crippen molar-refractivity contribution in [2.75, 3.05) is 17.4 Å². The van der Waals surface area contributed by atoms with Crippen molar-refractivity contribution in [3.8, 4) is 0 Å². The van der Waals surface area contributed by atoms with E-state index in [0.717, 1.165) is 22.6 Å². The van der Waals surface area contributed by atoms with Crippen molar-refractivity contribution in [3.05, 3.63) is 23.7 Å². The summed E-state index contributed by atoms with van der Waals surface area (Å²) in [4.78, 5) is 9.02. The summed E-state index contributed by atoms with van der Waals surface area (Å²) < 4.78 is 25.4. The third kappa shape index (κ3) is 2.31. The highest BCUT2D eigenvalue weighted by molar-refractivity contribution is 7.91. The Labute approximate surface area is 122 Å². The Bertz CT molecular complexity index is 754. The van der Waals surface area contributed by atoms with E-state index >= 15 is 0 Å². The number of sulfone groups is 1. The SMILES string of the molecule is Cc1ccnc2c1nc(CCCl)n2C1CCS(=O)(=O)C1. The third-order valence-electron chi connectivity index (χ3n) is 3.75. The minimum Gasteiger partial charge on any atom is -0.308 e. The molecule has 7 heteroatoms. The quantitative estimate of drug-likeness (QED) is 0.812. The number of hydrogen-bond donors (Lipinski definition) is 0. The molecule has 1 atom stereocenters. The smallest absolute Gasteiger partial charge is 0.160 e. The normalized spacial score (nSPS) is 21.6. The highest BCUT2D eigenvalue weighted by Crippen LogP contribution is 2.29. The maximum Gasteiger partial charge on any atom is 0.160 e. The second-order valence-electron chi connectivity index (χ2n) is 5.19. The molecule has 0 amide bonds. The van der Waals surface area contributed by atoms with Crippen LogP contribution in [0.5, 0.6) is 0 Å². The second kappa shape index (κ2) is 5.00. The summed E-state index contributed by atoms with van der Waals surface area (Å²) in [5.41, 5.74) is 2.66. The number of pyridine rings is 1. The van der Waals surface area contributed by atoms with E-state index in [1.807, 2.05) is 17.6 Å². The number of aromatic nitrogens is 3. The van der Waals surface area contributed by atoms with Crippen LogP contribution in [0.3, 0.4) is 0 Å². The summed E-state index contributed by atoms with van der Waals surface area (Å²) in [6, 6.07) is 1.84. The highest BCUT2D eigenvalue weighted by Gasteiger charge is 2.32. The van der Waals surface area contributed by atoms with E-state index in [1.165, 1.54) is 0 Å². The fourth-order valence-electron chi connectivity index (χ4n) is 2.78. The molecule has 0 aromatic carbocycles. The van der Waals surface area contributed by atoms with Gasteiger partial charge in [-0.05, 0) is 25.0 Å². The van der Waals surface area contributed by atoms with E-state index in [9.17, 15) is 8.42 Å². The van der Waals surface area contributed by atoms with Crippen LogP contribution < -0.4 is 0 Å². The molecule has 0 radical (unpaired) electrons. The Hall–Kier alpha value is -1.14. The number of rotatable bonds is 3. The molecule has 2 aromatic heterocycles. The fourth-order valence-corrected chi connectivity index (χ4v) is 4.65. The largest absolute Gasteiger partial charge is 0.308 e. The predicted octanol–water partition coefficient (Wildman–Crippen LogP) is 1.88. The Balaban J connectivity index is 2.17. The summed E-state index contributed by atoms with van der Waals surface area (Å²) in [7, 11) is -2.94. The van der Waals surface area contributed by atoms with Gasteiger partial charge in [-0.1, -0.05) is 0 Å². The summed E-state index contributed by atoms with van der Waals surface area (Å²) in [5, 5.41) is 0. The zero-order valence-corrected chi connectivity index (χ0v) is 12.8. The van der Waals surface area contributed by atoms with Crippen LogP contribution in [-0.2, 0) is 16.3 Å². The van der Waals surface area contributed by atoms with Crippen LogP contribution in [0.1, 0.15) is 23.9 Å². The van der Waals surface area contributed by atoms with Gasteiger partial charge in [0.15, 0.2) is 15.5 Å². The van der Waals surface area contributed by atoms with Crippen LogP contribution >= 0.6 is 11.6 Å². The van der Waals surface area contributed by atoms with E-state index in [-0.39, 0.29) is 17.5 Å². The maximum absolute atomic E-state index is 11.7. The first-order valence-electron chi connectivity index (χ1n) is 6.60. The van der Waals surface area contributed by atoms with Crippen LogP contribution in [0.25, 0.3) is 11.2 Å². The molecule has 1 aliphatic rings. The van der Waals surface area contributed by atoms with Gasteiger partial charge in [0.05, 0.1) is 17.5 Å². The van der Waals surface area contributed by atoms with Crippen molar-refractivity contribution in [1.82, 2.24) is 14.5 Å². The molecule has 3 heterocycles. The molecule has 0 bridgehead atoms. The van der Waals surface area contributed by atoms with Crippen molar-refractivity contribution in [3.63, 3.8) is 0 Å². The maximum atomic E-state index is 11.7. The monoisotopic (exact) mass is 313 g/mol. The zero-order chi connectivity index (χ0) is 14.3. The van der Waals surface area contributed by atoms with Gasteiger partial charge in [0.2, 0.25) is 0 Å². The fraction of sp³-hybridized carbons (Fsp3) is 0.538. The third-order valence-corrected chi connectivity index (χ3v) is 5.68. The molecule has 2 aromatic rings. The Morgan fingerprint density at radius 1 is 1.50 bits per heavy atom. The summed E-state index contributed by atoms with van der Waals surface area (Å²) in [6.07, 6.45) is 2.98. The van der Waals surface area contributed by atoms with Gasteiger partial charge in [-0.3, -0.25) is 0 Å². The molecule has 0 N–H and O–H groups in total. The van der Waals surface area contributed by atoms with Gasteiger partial charge in [-0.15, -0.1) is 11.6 Å². The first-order chi connectivity index (χ1) is 9.52. The molecule has 1 fully saturated rings. The zero-order valence-electron chi connectivity index (χ0n) is 11.2. The molecular weight excluding hydrogens is 298 g/mol. The lowest BCUT2D eigenvalue weighted by Gasteiger charge is -2.14. The molecule has 0 saturated carbocycles. The van der Waals surface area contributed by atoms with E-state index < -0.39 is 9.84 Å². The molecule has 20 heavy (non-hydrogen) atoms. The van der Waals surface area contributed by atoms with Crippen LogP contribution in [0.2, 0.25) is 0 Å². The van der Waals surface area contributed by atoms with E-state index in [2.05, 4.69) is 9.97 Å². The number of aryl methyl sites for hydroxylation is 2. The lowest BCUT2D eigenvalue weighted by Crippen LogP contribution is -2.15. The first-order valence-corrected chi connectivity index (χ1v) is 8.96. The number of fused-ring (bicyclic) bond motifs is 1. The van der Waals surface area contributed by atoms with Gasteiger partial charge in [0, 0.05) is 18.5 Å². The van der Waals surface area contributed by atoms with Crippen molar-refractivity contribution in [2.24, 2.45) is 0 Å². The Morgan fingerprint density at radius 2 is 2.30 bits per heavy atom. The van der Waals surface area contributed by atoms with Crippen molar-refractivity contribution in [1.29, 1.82) is 0 Å². The molecule has 1 unspecified atom stereocenters. The number of alkyl halides is 1. The minimum atomic E-state index is -2.94. The Kier molecular flexibility index (Phi) is 3.46. The van der Waals surface area contributed by atoms with Gasteiger partial charge in [0.25, 0.3) is 0 Å².